The van der Waals surface area contributed by atoms with Crippen LogP contribution in [-0.4, -0.2) is 66.6 Å². The Bertz CT molecular complexity index is 212. The van der Waals surface area contributed by atoms with Gasteiger partial charge in [0, 0.05) is 30.5 Å². The van der Waals surface area contributed by atoms with Crippen molar-refractivity contribution in [2.45, 2.75) is 44.2 Å². The fourth-order valence-electron chi connectivity index (χ4n) is 2.16. The van der Waals surface area contributed by atoms with Crippen LogP contribution in [0.3, 0.4) is 0 Å². The fourth-order valence-corrected chi connectivity index (χ4v) is 2.36. The second-order valence-corrected chi connectivity index (χ2v) is 6.98. The molecule has 1 fully saturated rings. The summed E-state index contributed by atoms with van der Waals surface area (Å²) >= 11 is 3.59. The number of nitrogens with zero attached hydrogens (tertiary/aromatic N) is 2. The van der Waals surface area contributed by atoms with E-state index in [2.05, 4.69) is 53.5 Å². The van der Waals surface area contributed by atoms with E-state index in [1.54, 1.807) is 0 Å². The van der Waals surface area contributed by atoms with Crippen LogP contribution >= 0.6 is 15.9 Å². The zero-order chi connectivity index (χ0) is 12.8. The predicted octanol–water partition coefficient (Wildman–Crippen LogP) is 2.20. The summed E-state index contributed by atoms with van der Waals surface area (Å²) in [5.41, 5.74) is 0. The molecule has 1 heterocycles. The predicted molar refractivity (Wildman–Crippen MR) is 77.0 cm³/mol. The zero-order valence-electron chi connectivity index (χ0n) is 11.7. The van der Waals surface area contributed by atoms with Gasteiger partial charge < -0.3 is 9.64 Å². The molecule has 1 saturated heterocycles. The maximum atomic E-state index is 5.84. The molecule has 1 aliphatic heterocycles. The molecular formula is C13H27BrN2O. The van der Waals surface area contributed by atoms with Crippen molar-refractivity contribution >= 4 is 15.9 Å². The smallest absolute Gasteiger partial charge is 0.0829 e. The Kier molecular flexibility index (Phi) is 7.00. The Morgan fingerprint density at radius 1 is 1.41 bits per heavy atom. The maximum absolute atomic E-state index is 5.84. The number of hydrogen-bond donors (Lipinski definition) is 0. The Morgan fingerprint density at radius 3 is 2.71 bits per heavy atom. The number of halogens is 1. The lowest BCUT2D eigenvalue weighted by molar-refractivity contribution is -0.0495. The molecule has 2 atom stereocenters. The number of rotatable bonds is 6. The maximum Gasteiger partial charge on any atom is 0.0829 e. The van der Waals surface area contributed by atoms with E-state index >= 15 is 0 Å². The van der Waals surface area contributed by atoms with E-state index in [-0.39, 0.29) is 0 Å². The molecule has 0 amide bonds. The average molecular weight is 307 g/mol. The first-order valence-electron chi connectivity index (χ1n) is 6.67. The van der Waals surface area contributed by atoms with E-state index in [0.29, 0.717) is 17.0 Å². The summed E-state index contributed by atoms with van der Waals surface area (Å²) in [7, 11) is 2.19. The highest BCUT2D eigenvalue weighted by molar-refractivity contribution is 9.09. The lowest BCUT2D eigenvalue weighted by atomic mass is 10.2. The zero-order valence-corrected chi connectivity index (χ0v) is 13.2. The number of hydrogen-bond acceptors (Lipinski definition) is 3. The summed E-state index contributed by atoms with van der Waals surface area (Å²) in [6, 6.07) is 0.634. The minimum Gasteiger partial charge on any atom is -0.374 e. The largest absolute Gasteiger partial charge is 0.374 e. The summed E-state index contributed by atoms with van der Waals surface area (Å²) in [5, 5.41) is 0. The highest BCUT2D eigenvalue weighted by atomic mass is 79.9. The van der Waals surface area contributed by atoms with E-state index < -0.39 is 0 Å². The Hall–Kier alpha value is 0.360. The van der Waals surface area contributed by atoms with Gasteiger partial charge in [-0.15, -0.1) is 0 Å². The molecule has 0 aliphatic carbocycles. The molecular weight excluding hydrogens is 280 g/mol. The van der Waals surface area contributed by atoms with E-state index in [9.17, 15) is 0 Å². The van der Waals surface area contributed by atoms with Gasteiger partial charge in [0.1, 0.15) is 0 Å². The minimum absolute atomic E-state index is 0.377. The first-order chi connectivity index (χ1) is 7.99. The van der Waals surface area contributed by atoms with Crippen molar-refractivity contribution in [1.82, 2.24) is 9.80 Å². The van der Waals surface area contributed by atoms with Gasteiger partial charge in [0.2, 0.25) is 0 Å². The third-order valence-corrected chi connectivity index (χ3v) is 3.78. The molecule has 2 unspecified atom stereocenters. The molecule has 0 bridgehead atoms. The van der Waals surface area contributed by atoms with Crippen LogP contribution in [0.15, 0.2) is 0 Å². The molecule has 0 saturated carbocycles. The highest BCUT2D eigenvalue weighted by Gasteiger charge is 2.23. The van der Waals surface area contributed by atoms with Crippen LogP contribution in [0.1, 0.15) is 27.2 Å². The van der Waals surface area contributed by atoms with Crippen LogP contribution in [0.25, 0.3) is 0 Å². The highest BCUT2D eigenvalue weighted by Crippen LogP contribution is 2.10. The first kappa shape index (κ1) is 15.4. The molecule has 1 rings (SSSR count). The molecule has 102 valence electrons. The lowest BCUT2D eigenvalue weighted by Crippen LogP contribution is -2.49. The molecule has 0 N–H and O–H groups in total. The summed E-state index contributed by atoms with van der Waals surface area (Å²) in [6.45, 7) is 11.9. The van der Waals surface area contributed by atoms with Gasteiger partial charge in [-0.1, -0.05) is 22.9 Å². The molecule has 0 spiro atoms. The normalized spacial score (nSPS) is 24.5. The van der Waals surface area contributed by atoms with E-state index in [1.165, 1.54) is 6.42 Å². The quantitative estimate of drug-likeness (QED) is 0.700. The summed E-state index contributed by atoms with van der Waals surface area (Å²) in [6.07, 6.45) is 1.57. The third-order valence-electron chi connectivity index (χ3n) is 3.32. The van der Waals surface area contributed by atoms with Crippen LogP contribution in [0.2, 0.25) is 0 Å². The summed E-state index contributed by atoms with van der Waals surface area (Å²) < 4.78 is 5.84. The number of alkyl halides is 1. The summed E-state index contributed by atoms with van der Waals surface area (Å²) in [5.74, 6) is 0. The van der Waals surface area contributed by atoms with Crippen molar-refractivity contribution in [1.29, 1.82) is 0 Å². The molecule has 17 heavy (non-hydrogen) atoms. The monoisotopic (exact) mass is 306 g/mol. The molecule has 0 aromatic rings. The minimum atomic E-state index is 0.377. The first-order valence-corrected chi connectivity index (χ1v) is 7.59. The fraction of sp³-hybridized carbons (Fsp3) is 1.00. The molecule has 3 nitrogen and oxygen atoms in total. The van der Waals surface area contributed by atoms with Crippen molar-refractivity contribution in [3.05, 3.63) is 0 Å². The Balaban J connectivity index is 2.25. The molecule has 1 aliphatic rings. The van der Waals surface area contributed by atoms with Gasteiger partial charge in [-0.3, -0.25) is 4.90 Å². The second-order valence-electron chi connectivity index (χ2n) is 5.41. The molecule has 4 heteroatoms. The van der Waals surface area contributed by atoms with Crippen molar-refractivity contribution in [2.75, 3.05) is 39.8 Å². The Morgan fingerprint density at radius 2 is 2.12 bits per heavy atom. The lowest BCUT2D eigenvalue weighted by Gasteiger charge is -2.37. The van der Waals surface area contributed by atoms with Crippen LogP contribution in [0.4, 0.5) is 0 Å². The van der Waals surface area contributed by atoms with Crippen LogP contribution in [0, 0.1) is 0 Å². The van der Waals surface area contributed by atoms with Gasteiger partial charge in [0.15, 0.2) is 0 Å². The van der Waals surface area contributed by atoms with Crippen LogP contribution < -0.4 is 0 Å². The third kappa shape index (κ3) is 6.18. The van der Waals surface area contributed by atoms with Crippen LogP contribution in [-0.2, 0) is 4.74 Å². The summed E-state index contributed by atoms with van der Waals surface area (Å²) in [4.78, 5) is 5.49. The van der Waals surface area contributed by atoms with E-state index in [0.717, 1.165) is 32.8 Å². The average Bonchev–Trinajstić information content (AvgIpc) is 2.26. The topological polar surface area (TPSA) is 15.7 Å². The van der Waals surface area contributed by atoms with Gasteiger partial charge in [-0.2, -0.15) is 0 Å². The molecule has 0 aromatic carbocycles. The number of morpholine rings is 1. The van der Waals surface area contributed by atoms with Crippen LogP contribution in [0.5, 0.6) is 0 Å². The van der Waals surface area contributed by atoms with Gasteiger partial charge in [-0.25, -0.2) is 0 Å². The molecule has 0 aromatic heterocycles. The Labute approximate surface area is 115 Å². The number of ether oxygens (including phenoxy) is 1. The number of likely N-dealkylation sites (N-methyl/N-ethyl adjacent to an activating group) is 1. The van der Waals surface area contributed by atoms with E-state index in [1.807, 2.05) is 0 Å². The second kappa shape index (κ2) is 7.72. The van der Waals surface area contributed by atoms with Crippen molar-refractivity contribution < 1.29 is 4.74 Å². The van der Waals surface area contributed by atoms with Crippen molar-refractivity contribution in [2.24, 2.45) is 0 Å². The van der Waals surface area contributed by atoms with Crippen molar-refractivity contribution in [3.63, 3.8) is 0 Å². The van der Waals surface area contributed by atoms with Gasteiger partial charge in [0.25, 0.3) is 0 Å². The standard InChI is InChI=1S/C13H27BrN2O/c1-11(2)16-7-8-17-13(10-16)9-15(4)6-5-12(3)14/h11-13H,5-10H2,1-4H3. The van der Waals surface area contributed by atoms with Gasteiger partial charge in [0.05, 0.1) is 12.7 Å². The van der Waals surface area contributed by atoms with Crippen molar-refractivity contribution in [3.8, 4) is 0 Å². The van der Waals surface area contributed by atoms with Gasteiger partial charge in [-0.05, 0) is 33.9 Å². The van der Waals surface area contributed by atoms with Gasteiger partial charge >= 0.3 is 0 Å². The molecule has 0 radical (unpaired) electrons. The van der Waals surface area contributed by atoms with E-state index in [4.69, 9.17) is 4.74 Å². The SMILES string of the molecule is CC(Br)CCN(C)CC1CN(C(C)C)CCO1.